The lowest BCUT2D eigenvalue weighted by molar-refractivity contribution is 0.0699. The molecule has 150 valence electrons. The Labute approximate surface area is 179 Å². The number of hydrogen-bond donors (Lipinski definition) is 2. The minimum Gasteiger partial charge on any atom is -0.478 e. The largest absolute Gasteiger partial charge is 0.478 e. The first-order valence-electron chi connectivity index (χ1n) is 9.10. The minimum absolute atomic E-state index is 0.0794. The average Bonchev–Trinajstić information content (AvgIpc) is 3.48. The number of fused-ring (bicyclic) bond motifs is 2. The van der Waals surface area contributed by atoms with Gasteiger partial charge in [-0.2, -0.15) is 0 Å². The second-order valence-corrected chi connectivity index (χ2v) is 7.56. The van der Waals surface area contributed by atoms with Gasteiger partial charge in [0.1, 0.15) is 22.5 Å². The summed E-state index contributed by atoms with van der Waals surface area (Å²) < 4.78 is 11.4. The van der Waals surface area contributed by atoms with Crippen LogP contribution in [0.1, 0.15) is 20.9 Å². The lowest BCUT2D eigenvalue weighted by Crippen LogP contribution is -2.13. The predicted molar refractivity (Wildman–Crippen MR) is 117 cm³/mol. The molecule has 3 aromatic heterocycles. The molecule has 8 heteroatoms. The quantitative estimate of drug-likeness (QED) is 0.322. The van der Waals surface area contributed by atoms with Crippen molar-refractivity contribution in [3.8, 4) is 10.6 Å². The number of carboxylic acid groups (broad SMARTS) is 1. The molecule has 7 nitrogen and oxygen atoms in total. The van der Waals surface area contributed by atoms with E-state index in [1.165, 1.54) is 0 Å². The van der Waals surface area contributed by atoms with Gasteiger partial charge in [-0.1, -0.05) is 36.4 Å². The van der Waals surface area contributed by atoms with Gasteiger partial charge in [-0.05, 0) is 18.2 Å². The van der Waals surface area contributed by atoms with Gasteiger partial charge in [-0.25, -0.2) is 9.64 Å². The Hall–Kier alpha value is -4.35. The molecule has 31 heavy (non-hydrogen) atoms. The van der Waals surface area contributed by atoms with Crippen molar-refractivity contribution in [3.05, 3.63) is 82.7 Å². The Bertz CT molecular complexity index is 1500. The number of benzene rings is 2. The molecule has 0 aliphatic heterocycles. The van der Waals surface area contributed by atoms with E-state index in [1.807, 2.05) is 12.1 Å². The van der Waals surface area contributed by atoms with E-state index in [-0.39, 0.29) is 17.0 Å². The van der Waals surface area contributed by atoms with E-state index in [0.29, 0.717) is 32.9 Å². The maximum absolute atomic E-state index is 12.7. The number of anilines is 1. The Kier molecular flexibility index (Phi) is 4.31. The highest BCUT2D eigenvalue weighted by molar-refractivity contribution is 7.14. The summed E-state index contributed by atoms with van der Waals surface area (Å²) in [6.07, 6.45) is 0. The van der Waals surface area contributed by atoms with Crippen molar-refractivity contribution in [2.24, 2.45) is 0 Å². The minimum atomic E-state index is -1.21. The van der Waals surface area contributed by atoms with Crippen LogP contribution in [0.25, 0.3) is 37.4 Å². The molecule has 2 N–H and O–H groups in total. The van der Waals surface area contributed by atoms with Gasteiger partial charge in [0.05, 0.1) is 17.1 Å². The predicted octanol–water partition coefficient (Wildman–Crippen LogP) is 6.41. The summed E-state index contributed by atoms with van der Waals surface area (Å²) in [5.41, 5.74) is 1.36. The molecule has 0 saturated carbocycles. The SMILES string of the molecule is [C-]#[N+]c1cccc2cc(-c3scc(NC(=O)c4cc5ccccc5o4)c3C(=O)O)oc12. The van der Waals surface area contributed by atoms with E-state index in [9.17, 15) is 14.7 Å². The Morgan fingerprint density at radius 3 is 2.61 bits per heavy atom. The van der Waals surface area contributed by atoms with Crippen LogP contribution in [0.2, 0.25) is 0 Å². The van der Waals surface area contributed by atoms with Crippen LogP contribution < -0.4 is 5.32 Å². The molecule has 0 bridgehead atoms. The molecule has 0 unspecified atom stereocenters. The van der Waals surface area contributed by atoms with Crippen molar-refractivity contribution in [1.29, 1.82) is 0 Å². The first-order chi connectivity index (χ1) is 15.0. The summed E-state index contributed by atoms with van der Waals surface area (Å²) in [5.74, 6) is -1.36. The third-order valence-electron chi connectivity index (χ3n) is 4.77. The first-order valence-corrected chi connectivity index (χ1v) is 9.98. The zero-order valence-corrected chi connectivity index (χ0v) is 16.5. The van der Waals surface area contributed by atoms with Gasteiger partial charge in [-0.3, -0.25) is 4.79 Å². The second kappa shape index (κ2) is 7.16. The number of carbonyl (C=O) groups excluding carboxylic acids is 1. The van der Waals surface area contributed by atoms with Crippen LogP contribution in [0.4, 0.5) is 11.4 Å². The van der Waals surface area contributed by atoms with Crippen LogP contribution in [0.15, 0.2) is 68.8 Å². The van der Waals surface area contributed by atoms with Gasteiger partial charge in [0, 0.05) is 16.2 Å². The van der Waals surface area contributed by atoms with Crippen LogP contribution in [0, 0.1) is 6.57 Å². The number of nitrogens with zero attached hydrogens (tertiary/aromatic N) is 1. The number of aromatic carboxylic acids is 1. The zero-order valence-electron chi connectivity index (χ0n) is 15.7. The summed E-state index contributed by atoms with van der Waals surface area (Å²) in [4.78, 5) is 28.5. The molecular formula is C23H12N2O5S. The maximum Gasteiger partial charge on any atom is 0.339 e. The molecule has 0 spiro atoms. The van der Waals surface area contributed by atoms with Crippen LogP contribution in [-0.4, -0.2) is 17.0 Å². The van der Waals surface area contributed by atoms with Gasteiger partial charge < -0.3 is 19.3 Å². The van der Waals surface area contributed by atoms with E-state index in [1.54, 1.807) is 47.8 Å². The molecule has 0 saturated heterocycles. The smallest absolute Gasteiger partial charge is 0.339 e. The molecular weight excluding hydrogens is 416 g/mol. The average molecular weight is 428 g/mol. The van der Waals surface area contributed by atoms with E-state index in [0.717, 1.165) is 16.7 Å². The molecule has 3 heterocycles. The summed E-state index contributed by atoms with van der Waals surface area (Å²) in [5, 5.41) is 15.4. The molecule has 5 rings (SSSR count). The number of thiophene rings is 1. The molecule has 1 amide bonds. The molecule has 0 atom stereocenters. The van der Waals surface area contributed by atoms with Gasteiger partial charge >= 0.3 is 5.97 Å². The third-order valence-corrected chi connectivity index (χ3v) is 5.76. The fourth-order valence-electron chi connectivity index (χ4n) is 3.37. The van der Waals surface area contributed by atoms with E-state index in [2.05, 4.69) is 10.2 Å². The van der Waals surface area contributed by atoms with Gasteiger partial charge in [0.25, 0.3) is 5.91 Å². The van der Waals surface area contributed by atoms with Crippen LogP contribution in [0.3, 0.4) is 0 Å². The number of furan rings is 2. The number of amides is 1. The number of hydrogen-bond acceptors (Lipinski definition) is 5. The van der Waals surface area contributed by atoms with Gasteiger partial charge in [0.2, 0.25) is 5.69 Å². The molecule has 5 aromatic rings. The molecule has 0 fully saturated rings. The fourth-order valence-corrected chi connectivity index (χ4v) is 4.31. The number of carboxylic acids is 1. The Morgan fingerprint density at radius 1 is 1.03 bits per heavy atom. The number of carbonyl (C=O) groups is 2. The number of nitrogens with one attached hydrogen (secondary N) is 1. The van der Waals surface area contributed by atoms with Gasteiger partial charge in [0.15, 0.2) is 5.76 Å². The lowest BCUT2D eigenvalue weighted by Gasteiger charge is -2.03. The Morgan fingerprint density at radius 2 is 1.84 bits per heavy atom. The molecule has 0 radical (unpaired) electrons. The fraction of sp³-hybridized carbons (Fsp3) is 0. The van der Waals surface area contributed by atoms with Crippen molar-refractivity contribution in [3.63, 3.8) is 0 Å². The van der Waals surface area contributed by atoms with Crippen molar-refractivity contribution in [2.75, 3.05) is 5.32 Å². The standard InChI is InChI=1S/C23H12N2O5S/c1-24-14-7-4-6-13-10-17(30-20(13)14)21-19(23(27)28)15(11-31-21)25-22(26)18-9-12-5-2-3-8-16(12)29-18/h2-11H,(H,25,26)(H,27,28). The highest BCUT2D eigenvalue weighted by Gasteiger charge is 2.25. The van der Waals surface area contributed by atoms with E-state index >= 15 is 0 Å². The third kappa shape index (κ3) is 3.13. The van der Waals surface area contributed by atoms with Crippen molar-refractivity contribution < 1.29 is 23.5 Å². The number of rotatable bonds is 4. The highest BCUT2D eigenvalue weighted by Crippen LogP contribution is 2.40. The lowest BCUT2D eigenvalue weighted by atomic mass is 10.1. The van der Waals surface area contributed by atoms with Crippen LogP contribution in [-0.2, 0) is 0 Å². The monoisotopic (exact) mass is 428 g/mol. The topological polar surface area (TPSA) is 97.0 Å². The summed E-state index contributed by atoms with van der Waals surface area (Å²) in [6, 6.07) is 15.6. The molecule has 2 aromatic carbocycles. The van der Waals surface area contributed by atoms with Crippen molar-refractivity contribution in [2.45, 2.75) is 0 Å². The molecule has 0 aliphatic carbocycles. The molecule has 0 aliphatic rings. The maximum atomic E-state index is 12.7. The van der Waals surface area contributed by atoms with E-state index in [4.69, 9.17) is 15.4 Å². The number of para-hydroxylation sites is 2. The summed E-state index contributed by atoms with van der Waals surface area (Å²) in [6.45, 7) is 7.27. The highest BCUT2D eigenvalue weighted by atomic mass is 32.1. The summed E-state index contributed by atoms with van der Waals surface area (Å²) in [7, 11) is 0. The Balaban J connectivity index is 1.53. The second-order valence-electron chi connectivity index (χ2n) is 6.68. The van der Waals surface area contributed by atoms with Crippen LogP contribution in [0.5, 0.6) is 0 Å². The van der Waals surface area contributed by atoms with Crippen molar-refractivity contribution in [1.82, 2.24) is 0 Å². The summed E-state index contributed by atoms with van der Waals surface area (Å²) >= 11 is 1.13. The first kappa shape index (κ1) is 18.7. The zero-order chi connectivity index (χ0) is 21.5. The van der Waals surface area contributed by atoms with Crippen LogP contribution >= 0.6 is 11.3 Å². The van der Waals surface area contributed by atoms with E-state index < -0.39 is 11.9 Å². The van der Waals surface area contributed by atoms with Crippen molar-refractivity contribution >= 4 is 56.5 Å². The normalized spacial score (nSPS) is 10.9. The van der Waals surface area contributed by atoms with Gasteiger partial charge in [-0.15, -0.1) is 11.3 Å².